The van der Waals surface area contributed by atoms with Crippen molar-refractivity contribution in [2.45, 2.75) is 25.3 Å². The Hall–Kier alpha value is -3.18. The van der Waals surface area contributed by atoms with Crippen LogP contribution < -0.4 is 10.6 Å². The molecule has 1 aliphatic heterocycles. The van der Waals surface area contributed by atoms with Crippen LogP contribution in [0.1, 0.15) is 30.0 Å². The standard InChI is InChI=1S/C26H29N3O2/c30-25(17-22-13-8-12-20-9-4-5-14-23(20)22)28-19-26(31)27-18-24(29-15-6-7-16-29)21-10-2-1-3-11-21/h1-5,8-14,24H,6-7,15-19H2,(H,27,31)(H,28,30). The van der Waals surface area contributed by atoms with E-state index in [-0.39, 0.29) is 30.8 Å². The van der Waals surface area contributed by atoms with Gasteiger partial charge < -0.3 is 10.6 Å². The Morgan fingerprint density at radius 3 is 2.32 bits per heavy atom. The summed E-state index contributed by atoms with van der Waals surface area (Å²) in [5, 5.41) is 7.96. The van der Waals surface area contributed by atoms with Crippen molar-refractivity contribution in [3.63, 3.8) is 0 Å². The van der Waals surface area contributed by atoms with Gasteiger partial charge in [0.05, 0.1) is 19.0 Å². The van der Waals surface area contributed by atoms with E-state index >= 15 is 0 Å². The summed E-state index contributed by atoms with van der Waals surface area (Å²) in [6.07, 6.45) is 2.65. The number of fused-ring (bicyclic) bond motifs is 1. The van der Waals surface area contributed by atoms with E-state index in [4.69, 9.17) is 0 Å². The molecule has 1 unspecified atom stereocenters. The molecule has 4 rings (SSSR count). The lowest BCUT2D eigenvalue weighted by molar-refractivity contribution is -0.125. The summed E-state index contributed by atoms with van der Waals surface area (Å²) in [4.78, 5) is 27.3. The molecule has 3 aromatic rings. The van der Waals surface area contributed by atoms with Crippen molar-refractivity contribution in [1.82, 2.24) is 15.5 Å². The van der Waals surface area contributed by atoms with Crippen molar-refractivity contribution < 1.29 is 9.59 Å². The molecule has 160 valence electrons. The number of nitrogens with one attached hydrogen (secondary N) is 2. The monoisotopic (exact) mass is 415 g/mol. The first-order chi connectivity index (χ1) is 15.2. The number of amides is 2. The molecule has 0 bridgehead atoms. The SMILES string of the molecule is O=C(CNC(=O)Cc1cccc2ccccc12)NCC(c1ccccc1)N1CCCC1. The van der Waals surface area contributed by atoms with Gasteiger partial charge in [0.2, 0.25) is 11.8 Å². The number of hydrogen-bond donors (Lipinski definition) is 2. The van der Waals surface area contributed by atoms with Crippen molar-refractivity contribution in [2.75, 3.05) is 26.2 Å². The molecule has 1 fully saturated rings. The summed E-state index contributed by atoms with van der Waals surface area (Å²) in [5.74, 6) is -0.308. The smallest absolute Gasteiger partial charge is 0.239 e. The Labute approximate surface area is 183 Å². The van der Waals surface area contributed by atoms with Crippen LogP contribution in [-0.2, 0) is 16.0 Å². The lowest BCUT2D eigenvalue weighted by Gasteiger charge is -2.28. The molecule has 5 nitrogen and oxygen atoms in total. The van der Waals surface area contributed by atoms with Gasteiger partial charge in [0.25, 0.3) is 0 Å². The van der Waals surface area contributed by atoms with Crippen LogP contribution in [0.3, 0.4) is 0 Å². The van der Waals surface area contributed by atoms with Gasteiger partial charge in [-0.25, -0.2) is 0 Å². The van der Waals surface area contributed by atoms with Gasteiger partial charge in [0.15, 0.2) is 0 Å². The molecule has 1 atom stereocenters. The maximum absolute atomic E-state index is 12.4. The Morgan fingerprint density at radius 1 is 0.806 bits per heavy atom. The summed E-state index contributed by atoms with van der Waals surface area (Å²) in [6.45, 7) is 2.64. The topological polar surface area (TPSA) is 61.4 Å². The molecule has 2 amide bonds. The summed E-state index contributed by atoms with van der Waals surface area (Å²) in [5.41, 5.74) is 2.18. The molecule has 31 heavy (non-hydrogen) atoms. The quantitative estimate of drug-likeness (QED) is 0.592. The van der Waals surface area contributed by atoms with E-state index in [0.29, 0.717) is 6.54 Å². The van der Waals surface area contributed by atoms with E-state index in [1.807, 2.05) is 60.7 Å². The largest absolute Gasteiger partial charge is 0.353 e. The zero-order chi connectivity index (χ0) is 21.5. The van der Waals surface area contributed by atoms with E-state index in [1.165, 1.54) is 18.4 Å². The van der Waals surface area contributed by atoms with E-state index in [9.17, 15) is 9.59 Å². The lowest BCUT2D eigenvalue weighted by Crippen LogP contribution is -2.41. The van der Waals surface area contributed by atoms with E-state index in [1.54, 1.807) is 0 Å². The van der Waals surface area contributed by atoms with E-state index < -0.39 is 0 Å². The predicted molar refractivity (Wildman–Crippen MR) is 124 cm³/mol. The number of nitrogens with zero attached hydrogens (tertiary/aromatic N) is 1. The minimum absolute atomic E-state index is 0.00882. The Morgan fingerprint density at radius 2 is 1.52 bits per heavy atom. The summed E-state index contributed by atoms with van der Waals surface area (Å²) in [6, 6.07) is 24.4. The normalized spacial score (nSPS) is 15.0. The molecule has 5 heteroatoms. The molecule has 0 aliphatic carbocycles. The summed E-state index contributed by atoms with van der Waals surface area (Å²) >= 11 is 0. The second-order valence-corrected chi connectivity index (χ2v) is 8.07. The third kappa shape index (κ3) is 5.50. The van der Waals surface area contributed by atoms with Crippen LogP contribution in [0.15, 0.2) is 72.8 Å². The van der Waals surface area contributed by atoms with Crippen molar-refractivity contribution in [3.05, 3.63) is 83.9 Å². The van der Waals surface area contributed by atoms with Gasteiger partial charge in [-0.05, 0) is 47.8 Å². The molecule has 0 spiro atoms. The van der Waals surface area contributed by atoms with Gasteiger partial charge in [-0.15, -0.1) is 0 Å². The Bertz CT molecular complexity index is 1020. The van der Waals surface area contributed by atoms with Gasteiger partial charge in [-0.2, -0.15) is 0 Å². The fraction of sp³-hybridized carbons (Fsp3) is 0.308. The first-order valence-electron chi connectivity index (χ1n) is 11.0. The molecule has 1 aliphatic rings. The number of carbonyl (C=O) groups excluding carboxylic acids is 2. The Balaban J connectivity index is 1.29. The first-order valence-corrected chi connectivity index (χ1v) is 11.0. The predicted octanol–water partition coefficient (Wildman–Crippen LogP) is 3.45. The molecule has 1 heterocycles. The van der Waals surface area contributed by atoms with Crippen molar-refractivity contribution in [2.24, 2.45) is 0 Å². The highest BCUT2D eigenvalue weighted by atomic mass is 16.2. The van der Waals surface area contributed by atoms with Gasteiger partial charge in [-0.1, -0.05) is 72.8 Å². The third-order valence-electron chi connectivity index (χ3n) is 5.94. The molecular formula is C26H29N3O2. The van der Waals surface area contributed by atoms with Crippen molar-refractivity contribution >= 4 is 22.6 Å². The lowest BCUT2D eigenvalue weighted by atomic mass is 10.0. The number of hydrogen-bond acceptors (Lipinski definition) is 3. The molecule has 3 aromatic carbocycles. The minimum atomic E-state index is -0.161. The maximum Gasteiger partial charge on any atom is 0.239 e. The first kappa shape index (κ1) is 21.1. The van der Waals surface area contributed by atoms with Crippen LogP contribution >= 0.6 is 0 Å². The van der Waals surface area contributed by atoms with Crippen LogP contribution in [0.2, 0.25) is 0 Å². The number of likely N-dealkylation sites (tertiary alicyclic amines) is 1. The van der Waals surface area contributed by atoms with Gasteiger partial charge in [0.1, 0.15) is 0 Å². The highest BCUT2D eigenvalue weighted by Gasteiger charge is 2.23. The van der Waals surface area contributed by atoms with Crippen LogP contribution in [0.4, 0.5) is 0 Å². The van der Waals surface area contributed by atoms with Crippen molar-refractivity contribution in [3.8, 4) is 0 Å². The van der Waals surface area contributed by atoms with Gasteiger partial charge >= 0.3 is 0 Å². The molecule has 2 N–H and O–H groups in total. The fourth-order valence-electron chi connectivity index (χ4n) is 4.32. The third-order valence-corrected chi connectivity index (χ3v) is 5.94. The summed E-state index contributed by atoms with van der Waals surface area (Å²) in [7, 11) is 0. The zero-order valence-corrected chi connectivity index (χ0v) is 17.7. The number of benzene rings is 3. The highest BCUT2D eigenvalue weighted by Crippen LogP contribution is 2.24. The molecule has 0 saturated carbocycles. The summed E-state index contributed by atoms with van der Waals surface area (Å²) < 4.78 is 0. The Kier molecular flexibility index (Phi) is 6.95. The van der Waals surface area contributed by atoms with Crippen LogP contribution in [0.5, 0.6) is 0 Å². The molecule has 0 radical (unpaired) electrons. The van der Waals surface area contributed by atoms with E-state index in [2.05, 4.69) is 27.7 Å². The van der Waals surface area contributed by atoms with Crippen molar-refractivity contribution in [1.29, 1.82) is 0 Å². The molecule has 1 saturated heterocycles. The van der Waals surface area contributed by atoms with Crippen LogP contribution in [-0.4, -0.2) is 42.9 Å². The average molecular weight is 416 g/mol. The second kappa shape index (κ2) is 10.2. The minimum Gasteiger partial charge on any atom is -0.353 e. The maximum atomic E-state index is 12.4. The van der Waals surface area contributed by atoms with Gasteiger partial charge in [-0.3, -0.25) is 14.5 Å². The second-order valence-electron chi connectivity index (χ2n) is 8.07. The molecule has 0 aromatic heterocycles. The van der Waals surface area contributed by atoms with E-state index in [0.717, 1.165) is 29.4 Å². The zero-order valence-electron chi connectivity index (χ0n) is 17.7. The molecular weight excluding hydrogens is 386 g/mol. The highest BCUT2D eigenvalue weighted by molar-refractivity contribution is 5.91. The van der Waals surface area contributed by atoms with Gasteiger partial charge in [0, 0.05) is 6.54 Å². The number of rotatable bonds is 8. The number of carbonyl (C=O) groups is 2. The van der Waals surface area contributed by atoms with Crippen LogP contribution in [0.25, 0.3) is 10.8 Å². The fourth-order valence-corrected chi connectivity index (χ4v) is 4.32. The average Bonchev–Trinajstić information content (AvgIpc) is 3.33. The van der Waals surface area contributed by atoms with Crippen LogP contribution in [0, 0.1) is 0 Å².